The molecular weight excluding hydrogens is 469 g/mol. The summed E-state index contributed by atoms with van der Waals surface area (Å²) in [6.07, 6.45) is 0. The van der Waals surface area contributed by atoms with Crippen molar-refractivity contribution in [3.63, 3.8) is 0 Å². The second kappa shape index (κ2) is 9.91. The minimum Gasteiger partial charge on any atom is -0.381 e. The van der Waals surface area contributed by atoms with Crippen molar-refractivity contribution in [3.05, 3.63) is 107 Å². The van der Waals surface area contributed by atoms with Gasteiger partial charge in [-0.2, -0.15) is 5.10 Å². The molecule has 0 saturated carbocycles. The van der Waals surface area contributed by atoms with Gasteiger partial charge in [-0.3, -0.25) is 4.79 Å². The van der Waals surface area contributed by atoms with Crippen molar-refractivity contribution in [2.24, 2.45) is 0 Å². The SMILES string of the molecule is O=c1[nH]c2c(cc1CNc1ccc(N3CCOCC3)cc1)c(-c1ccc(F)cc1)nn2-c1ccccc1. The number of para-hydroxylation sites is 1. The standard InChI is InChI=1S/C29H26FN5O2/c30-22-8-6-20(7-9-22)27-26-18-21(29(36)32-28(26)35(33-27)25-4-2-1-3-5-25)19-31-23-10-12-24(13-11-23)34-14-16-37-17-15-34/h1-13,18,31H,14-17,19H2,(H,32,36). The summed E-state index contributed by atoms with van der Waals surface area (Å²) in [5, 5.41) is 8.95. The molecule has 0 radical (unpaired) electrons. The summed E-state index contributed by atoms with van der Waals surface area (Å²) in [7, 11) is 0. The fourth-order valence-electron chi connectivity index (χ4n) is 4.63. The highest BCUT2D eigenvalue weighted by atomic mass is 19.1. The number of benzene rings is 3. The highest BCUT2D eigenvalue weighted by Crippen LogP contribution is 2.29. The lowest BCUT2D eigenvalue weighted by Gasteiger charge is -2.28. The van der Waals surface area contributed by atoms with Gasteiger partial charge in [0.2, 0.25) is 0 Å². The summed E-state index contributed by atoms with van der Waals surface area (Å²) < 4.78 is 20.8. The van der Waals surface area contributed by atoms with Gasteiger partial charge in [0.05, 0.1) is 18.9 Å². The average molecular weight is 496 g/mol. The van der Waals surface area contributed by atoms with Crippen LogP contribution in [0.15, 0.2) is 89.7 Å². The Labute approximate surface area is 213 Å². The maximum absolute atomic E-state index is 13.6. The minimum atomic E-state index is -0.312. The molecule has 0 atom stereocenters. The van der Waals surface area contributed by atoms with Gasteiger partial charge in [0.25, 0.3) is 5.56 Å². The number of aromatic amines is 1. The second-order valence-electron chi connectivity index (χ2n) is 8.99. The van der Waals surface area contributed by atoms with Gasteiger partial charge in [0, 0.05) is 47.5 Å². The first-order valence-electron chi connectivity index (χ1n) is 12.3. The van der Waals surface area contributed by atoms with E-state index in [0.717, 1.165) is 54.3 Å². The van der Waals surface area contributed by atoms with Crippen LogP contribution in [0.4, 0.5) is 15.8 Å². The predicted molar refractivity (Wildman–Crippen MR) is 144 cm³/mol. The predicted octanol–water partition coefficient (Wildman–Crippen LogP) is 4.97. The number of morpholine rings is 1. The highest BCUT2D eigenvalue weighted by Gasteiger charge is 2.17. The van der Waals surface area contributed by atoms with Crippen LogP contribution in [-0.4, -0.2) is 41.1 Å². The number of nitrogens with one attached hydrogen (secondary N) is 2. The van der Waals surface area contributed by atoms with Crippen LogP contribution in [0.25, 0.3) is 28.0 Å². The first-order valence-corrected chi connectivity index (χ1v) is 12.3. The van der Waals surface area contributed by atoms with Crippen LogP contribution in [0.5, 0.6) is 0 Å². The summed E-state index contributed by atoms with van der Waals surface area (Å²) in [6.45, 7) is 3.60. The zero-order valence-corrected chi connectivity index (χ0v) is 20.2. The van der Waals surface area contributed by atoms with Gasteiger partial charge in [-0.05, 0) is 66.7 Å². The molecule has 1 aliphatic heterocycles. The number of anilines is 2. The molecule has 5 aromatic rings. The molecular formula is C29H26FN5O2. The van der Waals surface area contributed by atoms with Crippen LogP contribution in [0.2, 0.25) is 0 Å². The fraction of sp³-hybridized carbons (Fsp3) is 0.172. The van der Waals surface area contributed by atoms with Crippen molar-refractivity contribution < 1.29 is 9.13 Å². The van der Waals surface area contributed by atoms with Crippen LogP contribution in [0.1, 0.15) is 5.56 Å². The highest BCUT2D eigenvalue weighted by molar-refractivity contribution is 5.92. The van der Waals surface area contributed by atoms with Crippen molar-refractivity contribution in [2.75, 3.05) is 36.5 Å². The van der Waals surface area contributed by atoms with Gasteiger partial charge in [-0.15, -0.1) is 0 Å². The number of pyridine rings is 1. The van der Waals surface area contributed by atoms with Gasteiger partial charge in [0.1, 0.15) is 17.2 Å². The molecule has 3 aromatic carbocycles. The number of hydrogen-bond donors (Lipinski definition) is 2. The molecule has 3 heterocycles. The van der Waals surface area contributed by atoms with E-state index in [4.69, 9.17) is 9.84 Å². The Bertz CT molecular complexity index is 1570. The average Bonchev–Trinajstić information content (AvgIpc) is 3.31. The molecule has 1 aliphatic rings. The van der Waals surface area contributed by atoms with E-state index in [9.17, 15) is 9.18 Å². The molecule has 6 rings (SSSR count). The van der Waals surface area contributed by atoms with E-state index in [0.29, 0.717) is 23.4 Å². The molecule has 7 nitrogen and oxygen atoms in total. The monoisotopic (exact) mass is 495 g/mol. The Morgan fingerprint density at radius 1 is 0.919 bits per heavy atom. The number of ether oxygens (including phenoxy) is 1. The van der Waals surface area contributed by atoms with Crippen molar-refractivity contribution in [2.45, 2.75) is 6.54 Å². The third kappa shape index (κ3) is 4.71. The van der Waals surface area contributed by atoms with E-state index in [1.54, 1.807) is 16.8 Å². The zero-order chi connectivity index (χ0) is 25.2. The van der Waals surface area contributed by atoms with E-state index in [-0.39, 0.29) is 11.4 Å². The molecule has 0 aliphatic carbocycles. The van der Waals surface area contributed by atoms with Crippen molar-refractivity contribution in [1.82, 2.24) is 14.8 Å². The smallest absolute Gasteiger partial charge is 0.254 e. The third-order valence-electron chi connectivity index (χ3n) is 6.61. The van der Waals surface area contributed by atoms with Crippen LogP contribution in [0.3, 0.4) is 0 Å². The maximum atomic E-state index is 13.6. The molecule has 0 bridgehead atoms. The molecule has 1 saturated heterocycles. The van der Waals surface area contributed by atoms with E-state index >= 15 is 0 Å². The topological polar surface area (TPSA) is 75.2 Å². The van der Waals surface area contributed by atoms with Crippen LogP contribution < -0.4 is 15.8 Å². The van der Waals surface area contributed by atoms with Crippen LogP contribution in [0, 0.1) is 5.82 Å². The second-order valence-corrected chi connectivity index (χ2v) is 8.99. The summed E-state index contributed by atoms with van der Waals surface area (Å²) in [4.78, 5) is 18.4. The number of aromatic nitrogens is 3. The van der Waals surface area contributed by atoms with Gasteiger partial charge in [-0.1, -0.05) is 18.2 Å². The molecule has 2 aromatic heterocycles. The van der Waals surface area contributed by atoms with Gasteiger partial charge < -0.3 is 19.9 Å². The lowest BCUT2D eigenvalue weighted by Crippen LogP contribution is -2.36. The van der Waals surface area contributed by atoms with E-state index in [2.05, 4.69) is 27.3 Å². The molecule has 37 heavy (non-hydrogen) atoms. The molecule has 186 valence electrons. The number of halogens is 1. The molecule has 8 heteroatoms. The maximum Gasteiger partial charge on any atom is 0.254 e. The Hall–Kier alpha value is -4.43. The zero-order valence-electron chi connectivity index (χ0n) is 20.2. The molecule has 2 N–H and O–H groups in total. The van der Waals surface area contributed by atoms with Crippen LogP contribution in [-0.2, 0) is 11.3 Å². The molecule has 0 amide bonds. The molecule has 1 fully saturated rings. The van der Waals surface area contributed by atoms with Crippen molar-refractivity contribution in [1.29, 1.82) is 0 Å². The Balaban J connectivity index is 1.33. The third-order valence-corrected chi connectivity index (χ3v) is 6.61. The van der Waals surface area contributed by atoms with Gasteiger partial charge >= 0.3 is 0 Å². The fourth-order valence-corrected chi connectivity index (χ4v) is 4.63. The first kappa shape index (κ1) is 23.0. The summed E-state index contributed by atoms with van der Waals surface area (Å²) in [5.74, 6) is -0.312. The number of nitrogens with zero attached hydrogens (tertiary/aromatic N) is 3. The lowest BCUT2D eigenvalue weighted by atomic mass is 10.1. The normalized spacial score (nSPS) is 13.7. The molecule has 0 spiro atoms. The van der Waals surface area contributed by atoms with E-state index in [1.165, 1.54) is 12.1 Å². The lowest BCUT2D eigenvalue weighted by molar-refractivity contribution is 0.122. The van der Waals surface area contributed by atoms with Crippen molar-refractivity contribution >= 4 is 22.4 Å². The van der Waals surface area contributed by atoms with Crippen molar-refractivity contribution in [3.8, 4) is 16.9 Å². The first-order chi connectivity index (χ1) is 18.2. The van der Waals surface area contributed by atoms with E-state index in [1.807, 2.05) is 48.5 Å². The van der Waals surface area contributed by atoms with E-state index < -0.39 is 0 Å². The Morgan fingerprint density at radius 2 is 1.65 bits per heavy atom. The number of H-pyrrole nitrogens is 1. The Morgan fingerprint density at radius 3 is 2.38 bits per heavy atom. The Kier molecular flexibility index (Phi) is 6.16. The van der Waals surface area contributed by atoms with Gasteiger partial charge in [0.15, 0.2) is 0 Å². The van der Waals surface area contributed by atoms with Gasteiger partial charge in [-0.25, -0.2) is 9.07 Å². The largest absolute Gasteiger partial charge is 0.381 e. The summed E-state index contributed by atoms with van der Waals surface area (Å²) >= 11 is 0. The quantitative estimate of drug-likeness (QED) is 0.348. The minimum absolute atomic E-state index is 0.187. The summed E-state index contributed by atoms with van der Waals surface area (Å²) in [6, 6.07) is 25.9. The summed E-state index contributed by atoms with van der Waals surface area (Å²) in [5.41, 5.74) is 5.34. The number of rotatable bonds is 6. The van der Waals surface area contributed by atoms with Crippen LogP contribution >= 0.6 is 0 Å². The number of hydrogen-bond acceptors (Lipinski definition) is 5. The molecule has 0 unspecified atom stereocenters. The number of fused-ring (bicyclic) bond motifs is 1.